The Hall–Kier alpha value is -1.35. The van der Waals surface area contributed by atoms with Gasteiger partial charge in [-0.15, -0.1) is 0 Å². The van der Waals surface area contributed by atoms with Crippen molar-refractivity contribution in [2.24, 2.45) is 5.41 Å². The van der Waals surface area contributed by atoms with Gasteiger partial charge in [0.1, 0.15) is 6.61 Å². The van der Waals surface area contributed by atoms with Gasteiger partial charge in [0.05, 0.1) is 4.90 Å². The summed E-state index contributed by atoms with van der Waals surface area (Å²) in [5.74, 6) is 5.21. The molecule has 1 N–H and O–H groups in total. The van der Waals surface area contributed by atoms with Gasteiger partial charge in [-0.2, -0.15) is 4.31 Å². The second-order valence-electron chi connectivity index (χ2n) is 5.71. The Morgan fingerprint density at radius 1 is 1.35 bits per heavy atom. The summed E-state index contributed by atoms with van der Waals surface area (Å²) in [6.07, 6.45) is 0.858. The molecule has 0 amide bonds. The number of aliphatic hydroxyl groups excluding tert-OH is 1. The summed E-state index contributed by atoms with van der Waals surface area (Å²) in [6.45, 7) is 4.92. The first-order chi connectivity index (χ1) is 9.37. The predicted molar refractivity (Wildman–Crippen MR) is 77.6 cm³/mol. The topological polar surface area (TPSA) is 57.6 Å². The number of hydrogen-bond donors (Lipinski definition) is 1. The molecule has 0 saturated carbocycles. The van der Waals surface area contributed by atoms with Crippen molar-refractivity contribution in [1.29, 1.82) is 0 Å². The summed E-state index contributed by atoms with van der Waals surface area (Å²) in [7, 11) is -3.52. The second-order valence-corrected chi connectivity index (χ2v) is 7.62. The molecule has 0 radical (unpaired) electrons. The molecule has 5 heteroatoms. The van der Waals surface area contributed by atoms with Gasteiger partial charge in [-0.1, -0.05) is 37.8 Å². The molecule has 4 nitrogen and oxygen atoms in total. The van der Waals surface area contributed by atoms with Gasteiger partial charge in [0.25, 0.3) is 0 Å². The molecule has 0 bridgehead atoms. The minimum absolute atomic E-state index is 0.0127. The van der Waals surface area contributed by atoms with Crippen LogP contribution in [0.4, 0.5) is 0 Å². The first-order valence-corrected chi connectivity index (χ1v) is 8.00. The van der Waals surface area contributed by atoms with Crippen molar-refractivity contribution in [1.82, 2.24) is 4.31 Å². The Labute approximate surface area is 120 Å². The van der Waals surface area contributed by atoms with E-state index in [0.29, 0.717) is 18.7 Å². The van der Waals surface area contributed by atoms with Crippen LogP contribution in [0.25, 0.3) is 0 Å². The fourth-order valence-corrected chi connectivity index (χ4v) is 4.11. The Bertz CT molecular complexity index is 653. The normalized spacial score (nSPS) is 18.6. The molecule has 1 saturated heterocycles. The third kappa shape index (κ3) is 3.04. The van der Waals surface area contributed by atoms with Crippen LogP contribution in [0.15, 0.2) is 29.2 Å². The van der Waals surface area contributed by atoms with Crippen LogP contribution < -0.4 is 0 Å². The number of sulfonamides is 1. The molecule has 0 spiro atoms. The van der Waals surface area contributed by atoms with E-state index in [4.69, 9.17) is 5.11 Å². The highest BCUT2D eigenvalue weighted by Crippen LogP contribution is 2.33. The van der Waals surface area contributed by atoms with Crippen LogP contribution in [0.5, 0.6) is 0 Å². The van der Waals surface area contributed by atoms with Crippen LogP contribution in [-0.4, -0.2) is 37.5 Å². The summed E-state index contributed by atoms with van der Waals surface area (Å²) in [6, 6.07) is 6.67. The van der Waals surface area contributed by atoms with E-state index in [9.17, 15) is 8.42 Å². The van der Waals surface area contributed by atoms with E-state index in [2.05, 4.69) is 25.7 Å². The number of aliphatic hydroxyl groups is 1. The number of nitrogens with zero attached hydrogens (tertiary/aromatic N) is 1. The maximum Gasteiger partial charge on any atom is 0.244 e. The third-order valence-corrected chi connectivity index (χ3v) is 5.35. The Kier molecular flexibility index (Phi) is 4.19. The molecule has 2 rings (SSSR count). The van der Waals surface area contributed by atoms with Crippen molar-refractivity contribution in [2.45, 2.75) is 25.2 Å². The van der Waals surface area contributed by atoms with Crippen molar-refractivity contribution < 1.29 is 13.5 Å². The largest absolute Gasteiger partial charge is 0.384 e. The zero-order chi connectivity index (χ0) is 14.8. The van der Waals surface area contributed by atoms with Gasteiger partial charge >= 0.3 is 0 Å². The van der Waals surface area contributed by atoms with Gasteiger partial charge in [-0.25, -0.2) is 8.42 Å². The molecular weight excluding hydrogens is 274 g/mol. The minimum Gasteiger partial charge on any atom is -0.384 e. The first kappa shape index (κ1) is 15.0. The lowest BCUT2D eigenvalue weighted by Crippen LogP contribution is -2.30. The van der Waals surface area contributed by atoms with Crippen molar-refractivity contribution in [3.8, 4) is 11.8 Å². The second kappa shape index (κ2) is 5.57. The van der Waals surface area contributed by atoms with Crippen LogP contribution in [0.1, 0.15) is 25.8 Å². The Balaban J connectivity index is 2.40. The molecular formula is C15H19NO3S. The van der Waals surface area contributed by atoms with Crippen molar-refractivity contribution in [2.75, 3.05) is 19.7 Å². The fraction of sp³-hybridized carbons (Fsp3) is 0.467. The van der Waals surface area contributed by atoms with Gasteiger partial charge < -0.3 is 5.11 Å². The molecule has 1 aliphatic heterocycles. The predicted octanol–water partition coefficient (Wildman–Crippen LogP) is 1.45. The molecule has 0 aliphatic carbocycles. The molecule has 0 aromatic heterocycles. The zero-order valence-electron chi connectivity index (χ0n) is 11.8. The number of hydrogen-bond acceptors (Lipinski definition) is 3. The van der Waals surface area contributed by atoms with Gasteiger partial charge in [0, 0.05) is 18.7 Å². The lowest BCUT2D eigenvalue weighted by Gasteiger charge is -2.20. The molecule has 1 aromatic carbocycles. The monoisotopic (exact) mass is 293 g/mol. The van der Waals surface area contributed by atoms with Crippen molar-refractivity contribution >= 4 is 10.0 Å². The fourth-order valence-electron chi connectivity index (χ4n) is 2.34. The van der Waals surface area contributed by atoms with Crippen LogP contribution in [0, 0.1) is 17.3 Å². The summed E-state index contributed by atoms with van der Waals surface area (Å²) in [5, 5.41) is 8.77. The van der Waals surface area contributed by atoms with Gasteiger partial charge in [-0.05, 0) is 24.0 Å². The highest BCUT2D eigenvalue weighted by Gasteiger charge is 2.37. The molecule has 1 aromatic rings. The van der Waals surface area contributed by atoms with Crippen LogP contribution in [-0.2, 0) is 10.0 Å². The lowest BCUT2D eigenvalue weighted by atomic mass is 9.93. The Morgan fingerprint density at radius 3 is 2.65 bits per heavy atom. The molecule has 1 heterocycles. The average Bonchev–Trinajstić information content (AvgIpc) is 2.78. The maximum absolute atomic E-state index is 12.7. The molecule has 1 fully saturated rings. The molecule has 0 unspecified atom stereocenters. The van der Waals surface area contributed by atoms with E-state index in [-0.39, 0.29) is 16.9 Å². The maximum atomic E-state index is 12.7. The molecule has 0 atom stereocenters. The summed E-state index contributed by atoms with van der Waals surface area (Å²) >= 11 is 0. The zero-order valence-corrected chi connectivity index (χ0v) is 12.6. The molecule has 1 aliphatic rings. The highest BCUT2D eigenvalue weighted by molar-refractivity contribution is 7.89. The molecule has 20 heavy (non-hydrogen) atoms. The van der Waals surface area contributed by atoms with E-state index < -0.39 is 10.0 Å². The van der Waals surface area contributed by atoms with E-state index in [1.807, 2.05) is 0 Å². The summed E-state index contributed by atoms with van der Waals surface area (Å²) in [4.78, 5) is 0.221. The van der Waals surface area contributed by atoms with Gasteiger partial charge in [0.15, 0.2) is 0 Å². The van der Waals surface area contributed by atoms with E-state index in [1.165, 1.54) is 4.31 Å². The van der Waals surface area contributed by atoms with Crippen molar-refractivity contribution in [3.63, 3.8) is 0 Å². The number of rotatable bonds is 2. The van der Waals surface area contributed by atoms with Crippen LogP contribution in [0.3, 0.4) is 0 Å². The quantitative estimate of drug-likeness (QED) is 0.840. The number of benzene rings is 1. The Morgan fingerprint density at radius 2 is 2.05 bits per heavy atom. The lowest BCUT2D eigenvalue weighted by molar-refractivity contribution is 0.350. The van der Waals surface area contributed by atoms with E-state index in [1.54, 1.807) is 24.3 Å². The average molecular weight is 293 g/mol. The summed E-state index contributed by atoms with van der Waals surface area (Å²) in [5.41, 5.74) is 0.449. The minimum atomic E-state index is -3.52. The highest BCUT2D eigenvalue weighted by atomic mass is 32.2. The summed E-state index contributed by atoms with van der Waals surface area (Å²) < 4.78 is 26.9. The first-order valence-electron chi connectivity index (χ1n) is 6.56. The third-order valence-electron chi connectivity index (χ3n) is 3.45. The molecule has 108 valence electrons. The van der Waals surface area contributed by atoms with Crippen LogP contribution >= 0.6 is 0 Å². The van der Waals surface area contributed by atoms with E-state index >= 15 is 0 Å². The van der Waals surface area contributed by atoms with Gasteiger partial charge in [0.2, 0.25) is 10.0 Å². The SMILES string of the molecule is CC1(C)CCN(S(=O)(=O)c2ccccc2C#CCO)C1. The van der Waals surface area contributed by atoms with E-state index in [0.717, 1.165) is 6.42 Å². The van der Waals surface area contributed by atoms with Crippen LogP contribution in [0.2, 0.25) is 0 Å². The van der Waals surface area contributed by atoms with Crippen molar-refractivity contribution in [3.05, 3.63) is 29.8 Å². The van der Waals surface area contributed by atoms with Gasteiger partial charge in [-0.3, -0.25) is 0 Å². The smallest absolute Gasteiger partial charge is 0.244 e. The standard InChI is InChI=1S/C15H19NO3S/c1-15(2)9-10-16(12-15)20(18,19)14-8-4-3-6-13(14)7-5-11-17/h3-4,6,8,17H,9-12H2,1-2H3.